The van der Waals surface area contributed by atoms with Gasteiger partial charge in [-0.05, 0) is 49.3 Å². The summed E-state index contributed by atoms with van der Waals surface area (Å²) < 4.78 is 13.4. The molecule has 3 heteroatoms. The monoisotopic (exact) mass is 250 g/mol. The summed E-state index contributed by atoms with van der Waals surface area (Å²) in [7, 11) is 0. The topological polar surface area (TPSA) is 38.0 Å². The third-order valence-electron chi connectivity index (χ3n) is 4.42. The molecule has 100 valence electrons. The summed E-state index contributed by atoms with van der Waals surface area (Å²) in [4.78, 5) is 0. The third-order valence-corrected chi connectivity index (χ3v) is 4.42. The molecule has 0 heterocycles. The van der Waals surface area contributed by atoms with E-state index in [2.05, 4.69) is 19.2 Å². The van der Waals surface area contributed by atoms with E-state index in [4.69, 9.17) is 5.73 Å². The highest BCUT2D eigenvalue weighted by atomic mass is 19.1. The number of hydrogen-bond acceptors (Lipinski definition) is 2. The van der Waals surface area contributed by atoms with E-state index in [1.165, 1.54) is 25.3 Å². The van der Waals surface area contributed by atoms with Crippen LogP contribution in [0.5, 0.6) is 0 Å². The van der Waals surface area contributed by atoms with E-state index in [-0.39, 0.29) is 5.82 Å². The van der Waals surface area contributed by atoms with Crippen molar-refractivity contribution in [2.45, 2.75) is 46.1 Å². The molecule has 1 aliphatic rings. The van der Waals surface area contributed by atoms with Crippen molar-refractivity contribution in [1.29, 1.82) is 0 Å². The summed E-state index contributed by atoms with van der Waals surface area (Å²) in [6, 6.07) is 3.69. The highest BCUT2D eigenvalue weighted by molar-refractivity contribution is 5.67. The maximum absolute atomic E-state index is 13.4. The second-order valence-corrected chi connectivity index (χ2v) is 5.54. The van der Waals surface area contributed by atoms with Crippen molar-refractivity contribution in [3.05, 3.63) is 23.5 Å². The van der Waals surface area contributed by atoms with E-state index < -0.39 is 0 Å². The van der Waals surface area contributed by atoms with Crippen LogP contribution in [0, 0.1) is 24.6 Å². The lowest BCUT2D eigenvalue weighted by Crippen LogP contribution is -2.25. The molecule has 0 radical (unpaired) electrons. The molecule has 0 amide bonds. The van der Waals surface area contributed by atoms with E-state index in [0.29, 0.717) is 23.2 Å². The average molecular weight is 250 g/mol. The Morgan fingerprint density at radius 1 is 1.39 bits per heavy atom. The van der Waals surface area contributed by atoms with Gasteiger partial charge in [0.2, 0.25) is 0 Å². The molecule has 1 aliphatic carbocycles. The smallest absolute Gasteiger partial charge is 0.128 e. The van der Waals surface area contributed by atoms with E-state index in [9.17, 15) is 4.39 Å². The van der Waals surface area contributed by atoms with Crippen LogP contribution >= 0.6 is 0 Å². The van der Waals surface area contributed by atoms with Crippen molar-refractivity contribution < 1.29 is 4.39 Å². The lowest BCUT2D eigenvalue weighted by Gasteiger charge is -2.23. The number of anilines is 2. The van der Waals surface area contributed by atoms with Crippen LogP contribution in [0.15, 0.2) is 12.1 Å². The zero-order chi connectivity index (χ0) is 13.3. The van der Waals surface area contributed by atoms with Gasteiger partial charge in [0, 0.05) is 6.04 Å². The summed E-state index contributed by atoms with van der Waals surface area (Å²) in [5.41, 5.74) is 7.90. The molecule has 0 spiro atoms. The first kappa shape index (κ1) is 13.2. The van der Waals surface area contributed by atoms with Gasteiger partial charge in [-0.3, -0.25) is 0 Å². The first-order valence-electron chi connectivity index (χ1n) is 6.85. The summed E-state index contributed by atoms with van der Waals surface area (Å²) >= 11 is 0. The highest BCUT2D eigenvalue weighted by Crippen LogP contribution is 2.36. The zero-order valence-electron chi connectivity index (χ0n) is 11.5. The first-order chi connectivity index (χ1) is 8.52. The standard InChI is InChI=1S/C15H23FN2/c1-4-11-5-6-14(10(11)3)18-15-7-9(2)12(16)8-13(15)17/h7-8,10-11,14,18H,4-6,17H2,1-3H3. The molecule has 1 fully saturated rings. The molecule has 1 aromatic rings. The predicted molar refractivity (Wildman–Crippen MR) is 75.1 cm³/mol. The summed E-state index contributed by atoms with van der Waals surface area (Å²) in [6.07, 6.45) is 3.68. The molecule has 18 heavy (non-hydrogen) atoms. The minimum Gasteiger partial charge on any atom is -0.397 e. The molecule has 0 bridgehead atoms. The molecule has 3 atom stereocenters. The number of hydrogen-bond donors (Lipinski definition) is 2. The highest BCUT2D eigenvalue weighted by Gasteiger charge is 2.31. The Kier molecular flexibility index (Phi) is 3.79. The average Bonchev–Trinajstić information content (AvgIpc) is 2.67. The van der Waals surface area contributed by atoms with Crippen LogP contribution < -0.4 is 11.1 Å². The number of benzene rings is 1. The van der Waals surface area contributed by atoms with E-state index >= 15 is 0 Å². The number of nitrogen functional groups attached to an aromatic ring is 1. The van der Waals surface area contributed by atoms with Crippen LogP contribution in [0.4, 0.5) is 15.8 Å². The van der Waals surface area contributed by atoms with Gasteiger partial charge in [-0.15, -0.1) is 0 Å². The molecule has 1 aromatic carbocycles. The molecule has 3 N–H and O–H groups in total. The van der Waals surface area contributed by atoms with Crippen LogP contribution in [-0.2, 0) is 0 Å². The number of halogens is 1. The van der Waals surface area contributed by atoms with Gasteiger partial charge in [0.15, 0.2) is 0 Å². The van der Waals surface area contributed by atoms with Crippen molar-refractivity contribution in [2.24, 2.45) is 11.8 Å². The molecule has 1 saturated carbocycles. The molecule has 2 nitrogen and oxygen atoms in total. The Morgan fingerprint density at radius 2 is 2.11 bits per heavy atom. The van der Waals surface area contributed by atoms with E-state index in [1.54, 1.807) is 6.92 Å². The molecule has 2 rings (SSSR count). The quantitative estimate of drug-likeness (QED) is 0.797. The molecular formula is C15H23FN2. The van der Waals surface area contributed by atoms with Crippen LogP contribution in [0.3, 0.4) is 0 Å². The minimum atomic E-state index is -0.232. The first-order valence-corrected chi connectivity index (χ1v) is 6.85. The number of rotatable bonds is 3. The lowest BCUT2D eigenvalue weighted by molar-refractivity contribution is 0.392. The van der Waals surface area contributed by atoms with Gasteiger partial charge < -0.3 is 11.1 Å². The van der Waals surface area contributed by atoms with E-state index in [0.717, 1.165) is 11.6 Å². The largest absolute Gasteiger partial charge is 0.397 e. The molecule has 0 aromatic heterocycles. The van der Waals surface area contributed by atoms with Crippen LogP contribution in [0.2, 0.25) is 0 Å². The fourth-order valence-electron chi connectivity index (χ4n) is 3.05. The zero-order valence-corrected chi connectivity index (χ0v) is 11.5. The van der Waals surface area contributed by atoms with Crippen molar-refractivity contribution in [3.8, 4) is 0 Å². The van der Waals surface area contributed by atoms with Crippen LogP contribution in [-0.4, -0.2) is 6.04 Å². The van der Waals surface area contributed by atoms with Crippen LogP contribution in [0.25, 0.3) is 0 Å². The third kappa shape index (κ3) is 2.45. The SMILES string of the molecule is CCC1CCC(Nc2cc(C)c(F)cc2N)C1C. The van der Waals surface area contributed by atoms with Gasteiger partial charge in [-0.2, -0.15) is 0 Å². The predicted octanol–water partition coefficient (Wildman–Crippen LogP) is 3.95. The Hall–Kier alpha value is -1.25. The summed E-state index contributed by atoms with van der Waals surface area (Å²) in [6.45, 7) is 6.32. The van der Waals surface area contributed by atoms with Gasteiger partial charge in [0.1, 0.15) is 5.82 Å². The minimum absolute atomic E-state index is 0.232. The maximum Gasteiger partial charge on any atom is 0.128 e. The number of aryl methyl sites for hydroxylation is 1. The van der Waals surface area contributed by atoms with Gasteiger partial charge in [-0.1, -0.05) is 20.3 Å². The van der Waals surface area contributed by atoms with Gasteiger partial charge in [0.05, 0.1) is 11.4 Å². The Labute approximate surface area is 109 Å². The summed E-state index contributed by atoms with van der Waals surface area (Å²) in [5, 5.41) is 3.50. The molecule has 0 saturated heterocycles. The Balaban J connectivity index is 2.13. The van der Waals surface area contributed by atoms with Gasteiger partial charge >= 0.3 is 0 Å². The van der Waals surface area contributed by atoms with Crippen LogP contribution in [0.1, 0.15) is 38.7 Å². The van der Waals surface area contributed by atoms with E-state index in [1.807, 2.05) is 6.07 Å². The number of nitrogens with one attached hydrogen (secondary N) is 1. The lowest BCUT2D eigenvalue weighted by atomic mass is 9.93. The van der Waals surface area contributed by atoms with Gasteiger partial charge in [-0.25, -0.2) is 4.39 Å². The Morgan fingerprint density at radius 3 is 2.72 bits per heavy atom. The molecular weight excluding hydrogens is 227 g/mol. The van der Waals surface area contributed by atoms with Crippen molar-refractivity contribution in [3.63, 3.8) is 0 Å². The fourth-order valence-corrected chi connectivity index (χ4v) is 3.05. The van der Waals surface area contributed by atoms with Gasteiger partial charge in [0.25, 0.3) is 0 Å². The van der Waals surface area contributed by atoms with Crippen molar-refractivity contribution in [1.82, 2.24) is 0 Å². The second-order valence-electron chi connectivity index (χ2n) is 5.54. The fraction of sp³-hybridized carbons (Fsp3) is 0.600. The maximum atomic E-state index is 13.4. The molecule has 0 aliphatic heterocycles. The molecule has 3 unspecified atom stereocenters. The van der Waals surface area contributed by atoms with Crippen molar-refractivity contribution >= 4 is 11.4 Å². The number of nitrogens with two attached hydrogens (primary N) is 1. The Bertz CT molecular complexity index is 431. The second kappa shape index (κ2) is 5.17. The van der Waals surface area contributed by atoms with Crippen molar-refractivity contribution in [2.75, 3.05) is 11.1 Å². The summed E-state index contributed by atoms with van der Waals surface area (Å²) in [5.74, 6) is 1.22. The normalized spacial score (nSPS) is 27.4.